The van der Waals surface area contributed by atoms with Crippen molar-refractivity contribution in [1.82, 2.24) is 19.6 Å². The molecule has 0 aromatic carbocycles. The summed E-state index contributed by atoms with van der Waals surface area (Å²) in [5, 5.41) is 21.2. The lowest BCUT2D eigenvalue weighted by Gasteiger charge is -2.08. The molecule has 0 unspecified atom stereocenters. The second-order valence-corrected chi connectivity index (χ2v) is 5.14. The van der Waals surface area contributed by atoms with Crippen LogP contribution in [0.2, 0.25) is 0 Å². The zero-order valence-corrected chi connectivity index (χ0v) is 14.1. The highest BCUT2D eigenvalue weighted by atomic mass is 16.6. The predicted octanol–water partition coefficient (Wildman–Crippen LogP) is 1.04. The van der Waals surface area contributed by atoms with Crippen LogP contribution >= 0.6 is 0 Å². The van der Waals surface area contributed by atoms with Gasteiger partial charge in [-0.15, -0.1) is 0 Å². The van der Waals surface area contributed by atoms with E-state index in [4.69, 9.17) is 4.74 Å². The number of carbonyl (C=O) groups is 2. The standard InChI is InChI=1S/C14H18N6O5/c1-4-25-14(22)10-7-15-18(3)13(10)17-12(21)5-6-19-9(2)11(8-16-19)20(23)24/h7-8H,4-6H2,1-3H3,(H,17,21). The Morgan fingerprint density at radius 1 is 1.36 bits per heavy atom. The summed E-state index contributed by atoms with van der Waals surface area (Å²) in [5.41, 5.74) is 0.422. The molecule has 0 saturated heterocycles. The second-order valence-electron chi connectivity index (χ2n) is 5.14. The third-order valence-corrected chi connectivity index (χ3v) is 3.52. The highest BCUT2D eigenvalue weighted by Crippen LogP contribution is 2.18. The number of esters is 1. The van der Waals surface area contributed by atoms with Crippen molar-refractivity contribution in [2.24, 2.45) is 7.05 Å². The first-order valence-corrected chi connectivity index (χ1v) is 7.50. The Balaban J connectivity index is 2.03. The molecule has 0 radical (unpaired) electrons. The van der Waals surface area contributed by atoms with Gasteiger partial charge in [0.15, 0.2) is 0 Å². The van der Waals surface area contributed by atoms with E-state index in [-0.39, 0.29) is 42.5 Å². The van der Waals surface area contributed by atoms with E-state index in [0.717, 1.165) is 6.20 Å². The van der Waals surface area contributed by atoms with Crippen LogP contribution in [0.5, 0.6) is 0 Å². The van der Waals surface area contributed by atoms with Crippen molar-refractivity contribution in [3.8, 4) is 0 Å². The zero-order chi connectivity index (χ0) is 18.6. The predicted molar refractivity (Wildman–Crippen MR) is 86.0 cm³/mol. The molecule has 0 spiro atoms. The van der Waals surface area contributed by atoms with Gasteiger partial charge in [0.1, 0.15) is 23.3 Å². The molecule has 0 fully saturated rings. The SMILES string of the molecule is CCOC(=O)c1cnn(C)c1NC(=O)CCn1ncc([N+](=O)[O-])c1C. The normalized spacial score (nSPS) is 10.5. The van der Waals surface area contributed by atoms with Gasteiger partial charge in [-0.2, -0.15) is 10.2 Å². The lowest BCUT2D eigenvalue weighted by atomic mass is 10.3. The average Bonchev–Trinajstić information content (AvgIpc) is 3.09. The maximum absolute atomic E-state index is 12.1. The van der Waals surface area contributed by atoms with Crippen LogP contribution in [0.3, 0.4) is 0 Å². The molecule has 0 saturated carbocycles. The molecule has 0 bridgehead atoms. The van der Waals surface area contributed by atoms with E-state index in [1.807, 2.05) is 0 Å². The minimum atomic E-state index is -0.579. The third kappa shape index (κ3) is 4.00. The number of nitrogens with one attached hydrogen (secondary N) is 1. The first-order chi connectivity index (χ1) is 11.8. The van der Waals surface area contributed by atoms with E-state index in [2.05, 4.69) is 15.5 Å². The molecule has 25 heavy (non-hydrogen) atoms. The van der Waals surface area contributed by atoms with Crippen molar-refractivity contribution in [1.29, 1.82) is 0 Å². The van der Waals surface area contributed by atoms with Crippen molar-refractivity contribution in [2.45, 2.75) is 26.8 Å². The number of rotatable bonds is 7. The fraction of sp³-hybridized carbons (Fsp3) is 0.429. The number of anilines is 1. The molecule has 11 heteroatoms. The van der Waals surface area contributed by atoms with Crippen LogP contribution in [0.15, 0.2) is 12.4 Å². The summed E-state index contributed by atoms with van der Waals surface area (Å²) >= 11 is 0. The van der Waals surface area contributed by atoms with Crippen LogP contribution in [0.4, 0.5) is 11.5 Å². The monoisotopic (exact) mass is 350 g/mol. The largest absolute Gasteiger partial charge is 0.462 e. The molecule has 1 N–H and O–H groups in total. The summed E-state index contributed by atoms with van der Waals surface area (Å²) in [5.74, 6) is -0.734. The number of hydrogen-bond acceptors (Lipinski definition) is 7. The Hall–Kier alpha value is -3.24. The van der Waals surface area contributed by atoms with Crippen LogP contribution in [0.1, 0.15) is 29.4 Å². The molecule has 1 amide bonds. The molecular weight excluding hydrogens is 332 g/mol. The first-order valence-electron chi connectivity index (χ1n) is 7.50. The number of ether oxygens (including phenoxy) is 1. The fourth-order valence-electron chi connectivity index (χ4n) is 2.19. The molecule has 2 rings (SSSR count). The summed E-state index contributed by atoms with van der Waals surface area (Å²) in [4.78, 5) is 34.3. The van der Waals surface area contributed by atoms with Crippen molar-refractivity contribution in [2.75, 3.05) is 11.9 Å². The Labute approximate surface area is 142 Å². The second kappa shape index (κ2) is 7.55. The van der Waals surface area contributed by atoms with E-state index < -0.39 is 10.9 Å². The topological polar surface area (TPSA) is 134 Å². The van der Waals surface area contributed by atoms with Crippen molar-refractivity contribution in [3.05, 3.63) is 33.8 Å². The van der Waals surface area contributed by atoms with E-state index in [9.17, 15) is 19.7 Å². The van der Waals surface area contributed by atoms with Crippen LogP contribution in [0, 0.1) is 17.0 Å². The van der Waals surface area contributed by atoms with Crippen molar-refractivity contribution in [3.63, 3.8) is 0 Å². The van der Waals surface area contributed by atoms with E-state index in [1.54, 1.807) is 20.9 Å². The summed E-state index contributed by atoms with van der Waals surface area (Å²) in [6.45, 7) is 3.61. The van der Waals surface area contributed by atoms with Crippen LogP contribution in [0.25, 0.3) is 0 Å². The van der Waals surface area contributed by atoms with E-state index in [1.165, 1.54) is 15.6 Å². The third-order valence-electron chi connectivity index (χ3n) is 3.52. The molecule has 11 nitrogen and oxygen atoms in total. The lowest BCUT2D eigenvalue weighted by molar-refractivity contribution is -0.385. The maximum Gasteiger partial charge on any atom is 0.343 e. The van der Waals surface area contributed by atoms with Gasteiger partial charge in [-0.25, -0.2) is 4.79 Å². The lowest BCUT2D eigenvalue weighted by Crippen LogP contribution is -2.19. The van der Waals surface area contributed by atoms with Gasteiger partial charge in [-0.05, 0) is 13.8 Å². The van der Waals surface area contributed by atoms with Gasteiger partial charge < -0.3 is 10.1 Å². The van der Waals surface area contributed by atoms with Gasteiger partial charge in [0.25, 0.3) is 0 Å². The Bertz CT molecular complexity index is 809. The van der Waals surface area contributed by atoms with E-state index >= 15 is 0 Å². The van der Waals surface area contributed by atoms with Gasteiger partial charge >= 0.3 is 11.7 Å². The van der Waals surface area contributed by atoms with Crippen molar-refractivity contribution < 1.29 is 19.2 Å². The number of aromatic nitrogens is 4. The Kier molecular flexibility index (Phi) is 5.47. The molecule has 2 heterocycles. The summed E-state index contributed by atoms with van der Waals surface area (Å²) in [6, 6.07) is 0. The molecule has 134 valence electrons. The van der Waals surface area contributed by atoms with Crippen LogP contribution < -0.4 is 5.32 Å². The number of aryl methyl sites for hydroxylation is 2. The zero-order valence-electron chi connectivity index (χ0n) is 14.1. The van der Waals surface area contributed by atoms with E-state index in [0.29, 0.717) is 5.69 Å². The molecule has 2 aromatic rings. The van der Waals surface area contributed by atoms with Crippen LogP contribution in [-0.2, 0) is 23.1 Å². The molecule has 2 aromatic heterocycles. The molecule has 0 aliphatic heterocycles. The quantitative estimate of drug-likeness (QED) is 0.448. The highest BCUT2D eigenvalue weighted by molar-refractivity contribution is 6.00. The highest BCUT2D eigenvalue weighted by Gasteiger charge is 2.20. The van der Waals surface area contributed by atoms with Crippen LogP contribution in [-0.4, -0.2) is 43.0 Å². The van der Waals surface area contributed by atoms with Gasteiger partial charge in [0, 0.05) is 13.5 Å². The Morgan fingerprint density at radius 2 is 2.08 bits per heavy atom. The summed E-state index contributed by atoms with van der Waals surface area (Å²) in [6.07, 6.45) is 2.48. The minimum Gasteiger partial charge on any atom is -0.462 e. The molecule has 0 aliphatic carbocycles. The van der Waals surface area contributed by atoms with Gasteiger partial charge in [-0.1, -0.05) is 0 Å². The van der Waals surface area contributed by atoms with Gasteiger partial charge in [0.2, 0.25) is 5.91 Å². The van der Waals surface area contributed by atoms with Crippen molar-refractivity contribution >= 4 is 23.4 Å². The minimum absolute atomic E-state index is 0.0210. The Morgan fingerprint density at radius 3 is 2.68 bits per heavy atom. The molecular formula is C14H18N6O5. The smallest absolute Gasteiger partial charge is 0.343 e. The number of nitrogens with zero attached hydrogens (tertiary/aromatic N) is 5. The first kappa shape index (κ1) is 18.1. The number of amides is 1. The average molecular weight is 350 g/mol. The fourth-order valence-corrected chi connectivity index (χ4v) is 2.19. The van der Waals surface area contributed by atoms with Gasteiger partial charge in [-0.3, -0.25) is 24.3 Å². The number of carbonyl (C=O) groups excluding carboxylic acids is 2. The van der Waals surface area contributed by atoms with Gasteiger partial charge in [0.05, 0.1) is 24.3 Å². The summed E-state index contributed by atoms with van der Waals surface area (Å²) in [7, 11) is 1.58. The number of hydrogen-bond donors (Lipinski definition) is 1. The molecule has 0 aliphatic rings. The maximum atomic E-state index is 12.1. The molecule has 0 atom stereocenters. The summed E-state index contributed by atoms with van der Waals surface area (Å²) < 4.78 is 7.65. The number of nitro groups is 1.